The quantitative estimate of drug-likeness (QED) is 0.532. The molecule has 1 unspecified atom stereocenters. The lowest BCUT2D eigenvalue weighted by Gasteiger charge is -2.39. The standard InChI is InChI=1S/C28H45N5O4.ClH/c1-3-10-33(22-25-8-11-31(12-9-25)28(35)32-15-19-37-20-16-32)23(2)21-24-4-6-26(7-5-24)29-27(34)30-13-17-36-18-14-30;/h4-7,23,25H,3,8-22H2,1-2H3,(H,29,34);1H. The molecular weight excluding hydrogens is 506 g/mol. The SMILES string of the molecule is CCCN(CC1CCN(C(=O)N2CCOCC2)CC1)C(C)Cc1ccc(NC(=O)N2CCOCC2)cc1.Cl. The molecule has 1 N–H and O–H groups in total. The van der Waals surface area contributed by atoms with Crippen LogP contribution in [0.3, 0.4) is 0 Å². The number of rotatable bonds is 8. The van der Waals surface area contributed by atoms with Crippen LogP contribution in [0.1, 0.15) is 38.7 Å². The van der Waals surface area contributed by atoms with E-state index in [0.717, 1.165) is 57.5 Å². The minimum Gasteiger partial charge on any atom is -0.378 e. The highest BCUT2D eigenvalue weighted by Gasteiger charge is 2.29. The van der Waals surface area contributed by atoms with Gasteiger partial charge in [0.25, 0.3) is 0 Å². The molecule has 4 rings (SSSR count). The van der Waals surface area contributed by atoms with Gasteiger partial charge in [0.15, 0.2) is 0 Å². The number of anilines is 1. The zero-order valence-corrected chi connectivity index (χ0v) is 23.9. The van der Waals surface area contributed by atoms with Crippen molar-refractivity contribution in [2.45, 2.75) is 45.6 Å². The summed E-state index contributed by atoms with van der Waals surface area (Å²) >= 11 is 0. The summed E-state index contributed by atoms with van der Waals surface area (Å²) in [6.45, 7) is 13.6. The molecule has 0 aromatic heterocycles. The van der Waals surface area contributed by atoms with Crippen LogP contribution in [0.5, 0.6) is 0 Å². The predicted octanol–water partition coefficient (Wildman–Crippen LogP) is 3.78. The molecule has 0 spiro atoms. The molecule has 1 aromatic carbocycles. The van der Waals surface area contributed by atoms with Gasteiger partial charge in [0.1, 0.15) is 0 Å². The molecule has 0 saturated carbocycles. The summed E-state index contributed by atoms with van der Waals surface area (Å²) in [5.41, 5.74) is 2.11. The molecular formula is C28H46ClN5O4. The van der Waals surface area contributed by atoms with Gasteiger partial charge in [-0.25, -0.2) is 9.59 Å². The molecule has 3 heterocycles. The van der Waals surface area contributed by atoms with E-state index in [2.05, 4.69) is 36.2 Å². The average Bonchev–Trinajstić information content (AvgIpc) is 2.95. The Labute approximate surface area is 234 Å². The van der Waals surface area contributed by atoms with Gasteiger partial charge in [-0.05, 0) is 62.8 Å². The Morgan fingerprint density at radius 3 is 2.05 bits per heavy atom. The average molecular weight is 552 g/mol. The Balaban J connectivity index is 0.00000400. The van der Waals surface area contributed by atoms with E-state index in [1.165, 1.54) is 5.56 Å². The second-order valence-electron chi connectivity index (χ2n) is 10.6. The van der Waals surface area contributed by atoms with Crippen molar-refractivity contribution in [3.63, 3.8) is 0 Å². The molecule has 38 heavy (non-hydrogen) atoms. The summed E-state index contributed by atoms with van der Waals surface area (Å²) < 4.78 is 10.7. The Bertz CT molecular complexity index is 853. The van der Waals surface area contributed by atoms with E-state index in [1.54, 1.807) is 4.90 Å². The largest absolute Gasteiger partial charge is 0.378 e. The van der Waals surface area contributed by atoms with E-state index in [0.29, 0.717) is 64.6 Å². The van der Waals surface area contributed by atoms with E-state index in [9.17, 15) is 9.59 Å². The van der Waals surface area contributed by atoms with Gasteiger partial charge < -0.3 is 34.4 Å². The van der Waals surface area contributed by atoms with Crippen LogP contribution < -0.4 is 5.32 Å². The first-order valence-corrected chi connectivity index (χ1v) is 14.1. The van der Waals surface area contributed by atoms with Gasteiger partial charge in [0.2, 0.25) is 0 Å². The zero-order valence-electron chi connectivity index (χ0n) is 23.1. The van der Waals surface area contributed by atoms with Crippen LogP contribution in [-0.4, -0.2) is 116 Å². The highest BCUT2D eigenvalue weighted by atomic mass is 35.5. The van der Waals surface area contributed by atoms with E-state index < -0.39 is 0 Å². The molecule has 214 valence electrons. The van der Waals surface area contributed by atoms with Crippen LogP contribution in [0.2, 0.25) is 0 Å². The van der Waals surface area contributed by atoms with Crippen molar-refractivity contribution in [3.05, 3.63) is 29.8 Å². The number of carbonyl (C=O) groups is 2. The van der Waals surface area contributed by atoms with Gasteiger partial charge >= 0.3 is 12.1 Å². The summed E-state index contributed by atoms with van der Waals surface area (Å²) in [4.78, 5) is 33.7. The molecule has 1 aromatic rings. The van der Waals surface area contributed by atoms with Crippen molar-refractivity contribution < 1.29 is 19.1 Å². The van der Waals surface area contributed by atoms with Crippen molar-refractivity contribution in [2.75, 3.05) is 84.1 Å². The molecule has 10 heteroatoms. The molecule has 3 aliphatic heterocycles. The van der Waals surface area contributed by atoms with Crippen molar-refractivity contribution >= 4 is 30.2 Å². The van der Waals surface area contributed by atoms with E-state index >= 15 is 0 Å². The number of likely N-dealkylation sites (tertiary alicyclic amines) is 1. The van der Waals surface area contributed by atoms with Crippen LogP contribution in [0.15, 0.2) is 24.3 Å². The Morgan fingerprint density at radius 1 is 0.921 bits per heavy atom. The number of urea groups is 2. The van der Waals surface area contributed by atoms with Gasteiger partial charge in [-0.1, -0.05) is 19.1 Å². The molecule has 3 aliphatic rings. The van der Waals surface area contributed by atoms with E-state index in [1.807, 2.05) is 21.9 Å². The van der Waals surface area contributed by atoms with Crippen molar-refractivity contribution in [1.82, 2.24) is 19.6 Å². The summed E-state index contributed by atoms with van der Waals surface area (Å²) in [5.74, 6) is 0.625. The minimum absolute atomic E-state index is 0. The van der Waals surface area contributed by atoms with Crippen LogP contribution in [0.25, 0.3) is 0 Å². The fourth-order valence-corrected chi connectivity index (χ4v) is 5.54. The fourth-order valence-electron chi connectivity index (χ4n) is 5.54. The number of morpholine rings is 2. The van der Waals surface area contributed by atoms with Crippen LogP contribution in [0.4, 0.5) is 15.3 Å². The van der Waals surface area contributed by atoms with E-state index in [-0.39, 0.29) is 24.5 Å². The molecule has 0 bridgehead atoms. The van der Waals surface area contributed by atoms with Gasteiger partial charge in [-0.2, -0.15) is 0 Å². The summed E-state index contributed by atoms with van der Waals surface area (Å²) in [6, 6.07) is 8.83. The number of hydrogen-bond donors (Lipinski definition) is 1. The smallest absolute Gasteiger partial charge is 0.321 e. The normalized spacial score (nSPS) is 19.7. The van der Waals surface area contributed by atoms with Crippen LogP contribution in [-0.2, 0) is 15.9 Å². The van der Waals surface area contributed by atoms with Crippen molar-refractivity contribution in [3.8, 4) is 0 Å². The lowest BCUT2D eigenvalue weighted by Crippen LogP contribution is -2.51. The number of nitrogens with zero attached hydrogens (tertiary/aromatic N) is 4. The summed E-state index contributed by atoms with van der Waals surface area (Å²) in [5, 5.41) is 3.01. The summed E-state index contributed by atoms with van der Waals surface area (Å²) in [7, 11) is 0. The Morgan fingerprint density at radius 2 is 1.47 bits per heavy atom. The first kappa shape index (κ1) is 30.5. The number of ether oxygens (including phenoxy) is 2. The zero-order chi connectivity index (χ0) is 26.0. The fraction of sp³-hybridized carbons (Fsp3) is 0.714. The summed E-state index contributed by atoms with van der Waals surface area (Å²) in [6.07, 6.45) is 4.25. The van der Waals surface area contributed by atoms with Gasteiger partial charge in [0, 0.05) is 57.5 Å². The molecule has 4 amide bonds. The number of benzene rings is 1. The second kappa shape index (κ2) is 15.5. The molecule has 9 nitrogen and oxygen atoms in total. The van der Waals surface area contributed by atoms with Gasteiger partial charge in [0.05, 0.1) is 26.4 Å². The highest BCUT2D eigenvalue weighted by Crippen LogP contribution is 2.22. The molecule has 0 radical (unpaired) electrons. The maximum Gasteiger partial charge on any atom is 0.321 e. The lowest BCUT2D eigenvalue weighted by atomic mass is 9.95. The Hall–Kier alpha value is -2.07. The number of nitrogens with one attached hydrogen (secondary N) is 1. The monoisotopic (exact) mass is 551 g/mol. The van der Waals surface area contributed by atoms with Crippen LogP contribution >= 0.6 is 12.4 Å². The number of hydrogen-bond acceptors (Lipinski definition) is 5. The number of amides is 4. The predicted molar refractivity (Wildman–Crippen MR) is 152 cm³/mol. The maximum absolute atomic E-state index is 12.8. The first-order valence-electron chi connectivity index (χ1n) is 14.1. The van der Waals surface area contributed by atoms with Crippen molar-refractivity contribution in [2.24, 2.45) is 5.92 Å². The third kappa shape index (κ3) is 8.73. The second-order valence-corrected chi connectivity index (χ2v) is 10.6. The third-order valence-electron chi connectivity index (χ3n) is 7.83. The minimum atomic E-state index is -0.0590. The van der Waals surface area contributed by atoms with Gasteiger partial charge in [-0.15, -0.1) is 12.4 Å². The molecule has 0 aliphatic carbocycles. The maximum atomic E-state index is 12.8. The van der Waals surface area contributed by atoms with Crippen LogP contribution in [0, 0.1) is 5.92 Å². The van der Waals surface area contributed by atoms with E-state index in [4.69, 9.17) is 9.47 Å². The molecule has 3 fully saturated rings. The Kier molecular flexibility index (Phi) is 12.4. The molecule has 1 atom stereocenters. The number of halogens is 1. The lowest BCUT2D eigenvalue weighted by molar-refractivity contribution is 0.0386. The number of piperidine rings is 1. The molecule has 3 saturated heterocycles. The number of carbonyl (C=O) groups excluding carboxylic acids is 2. The van der Waals surface area contributed by atoms with Gasteiger partial charge in [-0.3, -0.25) is 0 Å². The topological polar surface area (TPSA) is 77.6 Å². The van der Waals surface area contributed by atoms with Crippen molar-refractivity contribution in [1.29, 1.82) is 0 Å². The first-order chi connectivity index (χ1) is 18.0. The third-order valence-corrected chi connectivity index (χ3v) is 7.83. The highest BCUT2D eigenvalue weighted by molar-refractivity contribution is 5.89.